The van der Waals surface area contributed by atoms with Crippen molar-refractivity contribution in [3.05, 3.63) is 30.1 Å². The number of aromatic nitrogens is 1. The van der Waals surface area contributed by atoms with Crippen LogP contribution in [0.25, 0.3) is 0 Å². The highest BCUT2D eigenvalue weighted by molar-refractivity contribution is 7.87. The zero-order valence-corrected chi connectivity index (χ0v) is 18.2. The number of ether oxygens (including phenoxy) is 4. The molecule has 2 heterocycles. The maximum atomic E-state index is 13.3. The van der Waals surface area contributed by atoms with Crippen LogP contribution in [0.1, 0.15) is 35.2 Å². The van der Waals surface area contributed by atoms with Crippen LogP contribution in [0, 0.1) is 0 Å². The van der Waals surface area contributed by atoms with Gasteiger partial charge in [-0.05, 0) is 12.1 Å². The second kappa shape index (κ2) is 10.5. The Bertz CT molecular complexity index is 1140. The number of alkyl halides is 3. The zero-order chi connectivity index (χ0) is 28.7. The summed E-state index contributed by atoms with van der Waals surface area (Å²) in [5.74, 6) is -9.12. The molecule has 1 aliphatic rings. The fraction of sp³-hybridized carbons (Fsp3) is 0.500. The minimum atomic E-state index is -6.67. The molecule has 35 heavy (non-hydrogen) atoms. The number of nitrogens with zero attached hydrogens (tertiary/aromatic N) is 1. The lowest BCUT2D eigenvalue weighted by molar-refractivity contribution is -0.236. The van der Waals surface area contributed by atoms with Gasteiger partial charge in [0, 0.05) is 37.2 Å². The highest BCUT2D eigenvalue weighted by Crippen LogP contribution is 2.39. The van der Waals surface area contributed by atoms with Gasteiger partial charge in [0.05, 0.1) is 5.56 Å². The first kappa shape index (κ1) is 23.4. The van der Waals surface area contributed by atoms with Crippen molar-refractivity contribution >= 4 is 33.9 Å². The highest BCUT2D eigenvalue weighted by atomic mass is 32.2. The Balaban J connectivity index is 2.70. The monoisotopic (exact) mass is 531 g/mol. The average molecular weight is 531 g/mol. The number of carbonyl (C=O) groups excluding carboxylic acids is 4. The predicted molar refractivity (Wildman–Crippen MR) is 103 cm³/mol. The van der Waals surface area contributed by atoms with Crippen molar-refractivity contribution in [1.82, 2.24) is 10.3 Å². The molecule has 194 valence electrons. The van der Waals surface area contributed by atoms with Gasteiger partial charge in [-0.3, -0.25) is 29.5 Å². The van der Waals surface area contributed by atoms with E-state index in [1.807, 2.05) is 0 Å². The molecule has 0 spiro atoms. The molecule has 17 heteroatoms. The minimum absolute atomic E-state index is 0.377. The summed E-state index contributed by atoms with van der Waals surface area (Å²) in [6.45, 7) is -4.26. The highest BCUT2D eigenvalue weighted by Gasteiger charge is 2.66. The van der Waals surface area contributed by atoms with Gasteiger partial charge in [-0.25, -0.2) is 4.18 Å². The lowest BCUT2D eigenvalue weighted by Gasteiger charge is -2.33. The topological polar surface area (TPSA) is 173 Å². The summed E-state index contributed by atoms with van der Waals surface area (Å²) in [6.07, 6.45) is -4.57. The Morgan fingerprint density at radius 2 is 1.83 bits per heavy atom. The van der Waals surface area contributed by atoms with Gasteiger partial charge in [0.15, 0.2) is 6.10 Å². The molecule has 1 saturated heterocycles. The van der Waals surface area contributed by atoms with Gasteiger partial charge in [0.2, 0.25) is 6.10 Å². The van der Waals surface area contributed by atoms with Crippen molar-refractivity contribution in [2.24, 2.45) is 0 Å². The molecule has 1 N–H and O–H groups in total. The van der Waals surface area contributed by atoms with E-state index in [2.05, 4.69) is 13.9 Å². The van der Waals surface area contributed by atoms with Crippen LogP contribution in [0.2, 0.25) is 0 Å². The summed E-state index contributed by atoms with van der Waals surface area (Å²) in [4.78, 5) is 51.8. The lowest BCUT2D eigenvalue weighted by atomic mass is 10.1. The number of esters is 3. The van der Waals surface area contributed by atoms with Crippen molar-refractivity contribution in [1.29, 1.82) is 0 Å². The van der Waals surface area contributed by atoms with E-state index in [1.165, 1.54) is 12.3 Å². The number of hydrogen-bond donors (Lipinski definition) is 1. The second-order valence-corrected chi connectivity index (χ2v) is 8.09. The molecule has 2 rings (SSSR count). The molecule has 0 saturated carbocycles. The molecule has 1 fully saturated rings. The van der Waals surface area contributed by atoms with Crippen molar-refractivity contribution in [2.45, 2.75) is 50.4 Å². The smallest absolute Gasteiger partial charge is 0.463 e. The maximum absolute atomic E-state index is 13.3. The molecule has 0 aliphatic carbocycles. The third-order valence-corrected chi connectivity index (χ3v) is 5.06. The molecule has 0 radical (unpaired) electrons. The van der Waals surface area contributed by atoms with Gasteiger partial charge in [-0.1, -0.05) is 0 Å². The third kappa shape index (κ3) is 6.86. The quantitative estimate of drug-likeness (QED) is 0.158. The summed E-state index contributed by atoms with van der Waals surface area (Å²) >= 11 is 0. The van der Waals surface area contributed by atoms with Crippen LogP contribution < -0.4 is 5.32 Å². The Hall–Kier alpha value is -3.31. The van der Waals surface area contributed by atoms with Crippen LogP contribution in [-0.4, -0.2) is 73.6 Å². The van der Waals surface area contributed by atoms with E-state index >= 15 is 0 Å². The van der Waals surface area contributed by atoms with Crippen LogP contribution in [0.3, 0.4) is 0 Å². The van der Waals surface area contributed by atoms with Crippen LogP contribution in [0.4, 0.5) is 13.2 Å². The van der Waals surface area contributed by atoms with E-state index in [0.717, 1.165) is 12.3 Å². The van der Waals surface area contributed by atoms with Crippen molar-refractivity contribution < 1.29 is 68.0 Å². The van der Waals surface area contributed by atoms with Gasteiger partial charge in [0.25, 0.3) is 5.91 Å². The molecule has 1 unspecified atom stereocenters. The summed E-state index contributed by atoms with van der Waals surface area (Å²) in [7, 11) is -6.67. The van der Waals surface area contributed by atoms with Crippen LogP contribution in [0.15, 0.2) is 24.5 Å². The number of pyridine rings is 1. The van der Waals surface area contributed by atoms with E-state index in [-0.39, 0.29) is 5.56 Å². The fourth-order valence-electron chi connectivity index (χ4n) is 2.78. The Kier molecular flexibility index (Phi) is 7.05. The number of nitrogens with one attached hydrogen (secondary N) is 1. The molecular weight excluding hydrogens is 509 g/mol. The van der Waals surface area contributed by atoms with E-state index < -0.39 is 91.0 Å². The largest absolute Gasteiger partial charge is 0.523 e. The number of hydrogen-bond acceptors (Lipinski definition) is 12. The number of halogens is 3. The van der Waals surface area contributed by atoms with Crippen LogP contribution in [-0.2, 0) is 47.6 Å². The molecule has 0 aromatic carbocycles. The van der Waals surface area contributed by atoms with Crippen molar-refractivity contribution in [3.63, 3.8) is 0 Å². The summed E-state index contributed by atoms with van der Waals surface area (Å²) in [6, 6.07) is 2.32. The van der Waals surface area contributed by atoms with Gasteiger partial charge >= 0.3 is 39.4 Å². The SMILES string of the molecule is [2H]CC(=O)OC[C@H]1OC(NC(=O)c2cccnc2)(OS(=O)(=O)C(F)(F)F)[C@H](OC(=O)C[2H])[C@@H]1OC(=O)C[2H]. The first-order valence-corrected chi connectivity index (χ1v) is 10.4. The van der Waals surface area contributed by atoms with E-state index in [1.54, 1.807) is 5.32 Å². The maximum Gasteiger partial charge on any atom is 0.523 e. The Morgan fingerprint density at radius 1 is 1.17 bits per heavy atom. The normalized spacial score (nSPS) is 25.5. The van der Waals surface area contributed by atoms with Gasteiger partial charge in [-0.15, -0.1) is 0 Å². The summed E-state index contributed by atoms with van der Waals surface area (Å²) in [5.41, 5.74) is -6.49. The molecule has 4 atom stereocenters. The Morgan fingerprint density at radius 3 is 2.40 bits per heavy atom. The first-order valence-electron chi connectivity index (χ1n) is 11.2. The third-order valence-electron chi connectivity index (χ3n) is 4.03. The number of rotatable bonds is 8. The molecule has 1 aromatic heterocycles. The number of amides is 1. The zero-order valence-electron chi connectivity index (χ0n) is 20.3. The van der Waals surface area contributed by atoms with Crippen molar-refractivity contribution in [3.8, 4) is 0 Å². The van der Waals surface area contributed by atoms with Crippen LogP contribution in [0.5, 0.6) is 0 Å². The second-order valence-electron chi connectivity index (χ2n) is 6.55. The number of carbonyl (C=O) groups is 4. The molecule has 0 bridgehead atoms. The lowest BCUT2D eigenvalue weighted by Crippen LogP contribution is -2.61. The van der Waals surface area contributed by atoms with Gasteiger partial charge in [0.1, 0.15) is 12.7 Å². The van der Waals surface area contributed by atoms with E-state index in [0.29, 0.717) is 0 Å². The summed E-state index contributed by atoms with van der Waals surface area (Å²) < 4.78 is 109. The molecule has 1 aromatic rings. The van der Waals surface area contributed by atoms with E-state index in [9.17, 15) is 40.8 Å². The standard InChI is InChI=1S/C18H19F3N2O11S/c1-9(24)30-8-13-14(31-10(2)25)15(32-11(3)26)17(33-13,34-35(28,29)18(19,20)21)23-16(27)12-5-4-6-22-7-12/h4-7,13-15H,8H2,1-3H3,(H,23,27)/t13-,14-,15-,17?/m1/s1/i1D,2D,3D. The van der Waals surface area contributed by atoms with Gasteiger partial charge in [-0.2, -0.15) is 21.6 Å². The molecule has 13 nitrogen and oxygen atoms in total. The fourth-order valence-corrected chi connectivity index (χ4v) is 3.37. The Labute approximate surface area is 200 Å². The van der Waals surface area contributed by atoms with Crippen molar-refractivity contribution in [2.75, 3.05) is 6.61 Å². The molecular formula is C18H19F3N2O11S. The molecule has 1 amide bonds. The first-order chi connectivity index (χ1) is 17.7. The molecule has 1 aliphatic heterocycles. The van der Waals surface area contributed by atoms with E-state index in [4.69, 9.17) is 18.3 Å². The summed E-state index contributed by atoms with van der Waals surface area (Å²) in [5, 5.41) is 1.71. The van der Waals surface area contributed by atoms with Crippen LogP contribution >= 0.6 is 0 Å². The minimum Gasteiger partial charge on any atom is -0.463 e. The average Bonchev–Trinajstić information content (AvgIpc) is 3.12. The predicted octanol–water partition coefficient (Wildman–Crippen LogP) is 0.157. The van der Waals surface area contributed by atoms with Gasteiger partial charge < -0.3 is 18.9 Å².